The Kier molecular flexibility index (Phi) is 4.63. The predicted molar refractivity (Wildman–Crippen MR) is 43.5 cm³/mol. The molecular weight excluding hydrogens is 240 g/mol. The van der Waals surface area contributed by atoms with Crippen molar-refractivity contribution in [2.75, 3.05) is 13.6 Å². The molecule has 0 fully saturated rings. The van der Waals surface area contributed by atoms with Crippen LogP contribution in [-0.4, -0.2) is 36.8 Å². The molecule has 0 aromatic rings. The molecule has 0 rings (SSSR count). The van der Waals surface area contributed by atoms with Crippen LogP contribution in [0.5, 0.6) is 0 Å². The number of rotatable bonds is 3. The highest BCUT2D eigenvalue weighted by Crippen LogP contribution is 2.28. The Balaban J connectivity index is 4.27. The molecule has 0 saturated heterocycles. The first-order valence-electron chi connectivity index (χ1n) is 4.31. The van der Waals surface area contributed by atoms with Gasteiger partial charge < -0.3 is 4.90 Å². The summed E-state index contributed by atoms with van der Waals surface area (Å²) < 4.78 is 71.5. The number of carbonyl (C=O) groups is 1. The highest BCUT2D eigenvalue weighted by molar-refractivity contribution is 5.76. The molecule has 0 aliphatic carbocycles. The van der Waals surface area contributed by atoms with Gasteiger partial charge in [-0.25, -0.2) is 0 Å². The fourth-order valence-corrected chi connectivity index (χ4v) is 0.891. The number of hydrogen-bond acceptors (Lipinski definition) is 1. The fourth-order valence-electron chi connectivity index (χ4n) is 0.891. The monoisotopic (exact) mass is 251 g/mol. The largest absolute Gasteiger partial charge is 0.406 e. The first kappa shape index (κ1) is 15.0. The van der Waals surface area contributed by atoms with Crippen LogP contribution in [0.1, 0.15) is 13.3 Å². The van der Waals surface area contributed by atoms with Crippen LogP contribution in [0.4, 0.5) is 26.3 Å². The standard InChI is InChI=1S/C8H11F6NO/c1-5(8(12,13)14)3-6(16)15(2)4-7(9,10)11/h5H,3-4H2,1-2H3. The Morgan fingerprint density at radius 2 is 1.62 bits per heavy atom. The Hall–Kier alpha value is -0.950. The number of carbonyl (C=O) groups excluding carboxylic acids is 1. The lowest BCUT2D eigenvalue weighted by Gasteiger charge is -2.21. The fraction of sp³-hybridized carbons (Fsp3) is 0.875. The minimum absolute atomic E-state index is 0.238. The maximum absolute atomic E-state index is 12.0. The molecule has 0 heterocycles. The zero-order chi connectivity index (χ0) is 13.1. The van der Waals surface area contributed by atoms with Crippen molar-refractivity contribution in [1.82, 2.24) is 4.90 Å². The second kappa shape index (κ2) is 4.92. The summed E-state index contributed by atoms with van der Waals surface area (Å²) in [6.07, 6.45) is -10.2. The highest BCUT2D eigenvalue weighted by atomic mass is 19.4. The van der Waals surface area contributed by atoms with Gasteiger partial charge in [0.05, 0.1) is 5.92 Å². The lowest BCUT2D eigenvalue weighted by molar-refractivity contribution is -0.180. The molecule has 0 N–H and O–H groups in total. The third-order valence-electron chi connectivity index (χ3n) is 1.88. The third kappa shape index (κ3) is 5.82. The average Bonchev–Trinajstić information content (AvgIpc) is 1.98. The van der Waals surface area contributed by atoms with Gasteiger partial charge in [0.15, 0.2) is 0 Å². The van der Waals surface area contributed by atoms with Gasteiger partial charge >= 0.3 is 12.4 Å². The second-order valence-corrected chi connectivity index (χ2v) is 3.51. The number of nitrogens with zero attached hydrogens (tertiary/aromatic N) is 1. The minimum Gasteiger partial charge on any atom is -0.337 e. The number of alkyl halides is 6. The maximum atomic E-state index is 12.0. The molecule has 0 aromatic heterocycles. The van der Waals surface area contributed by atoms with Gasteiger partial charge in [0.2, 0.25) is 5.91 Å². The van der Waals surface area contributed by atoms with E-state index in [-0.39, 0.29) is 4.90 Å². The Morgan fingerprint density at radius 1 is 1.19 bits per heavy atom. The summed E-state index contributed by atoms with van der Waals surface area (Å²) in [5, 5.41) is 0. The number of halogens is 6. The summed E-state index contributed by atoms with van der Waals surface area (Å²) in [5.41, 5.74) is 0. The van der Waals surface area contributed by atoms with Crippen LogP contribution in [0.25, 0.3) is 0 Å². The van der Waals surface area contributed by atoms with E-state index in [0.717, 1.165) is 14.0 Å². The quantitative estimate of drug-likeness (QED) is 0.706. The first-order valence-corrected chi connectivity index (χ1v) is 4.31. The van der Waals surface area contributed by atoms with Crippen LogP contribution in [0.3, 0.4) is 0 Å². The van der Waals surface area contributed by atoms with E-state index in [0.29, 0.717) is 0 Å². The van der Waals surface area contributed by atoms with E-state index in [1.54, 1.807) is 0 Å². The predicted octanol–water partition coefficient (Wildman–Crippen LogP) is 2.60. The molecule has 0 aromatic carbocycles. The van der Waals surface area contributed by atoms with Crippen molar-refractivity contribution in [1.29, 1.82) is 0 Å². The topological polar surface area (TPSA) is 20.3 Å². The van der Waals surface area contributed by atoms with E-state index in [1.165, 1.54) is 0 Å². The van der Waals surface area contributed by atoms with Crippen molar-refractivity contribution in [2.24, 2.45) is 5.92 Å². The zero-order valence-electron chi connectivity index (χ0n) is 8.61. The summed E-state index contributed by atoms with van der Waals surface area (Å²) in [7, 11) is 0.818. The molecule has 8 heteroatoms. The smallest absolute Gasteiger partial charge is 0.337 e. The van der Waals surface area contributed by atoms with Gasteiger partial charge in [-0.15, -0.1) is 0 Å². The third-order valence-corrected chi connectivity index (χ3v) is 1.88. The number of amides is 1. The molecule has 1 atom stereocenters. The molecule has 0 aliphatic rings. The molecule has 0 aliphatic heterocycles. The van der Waals surface area contributed by atoms with Crippen molar-refractivity contribution < 1.29 is 31.1 Å². The SMILES string of the molecule is CC(CC(=O)N(C)CC(F)(F)F)C(F)(F)F. The molecule has 0 saturated carbocycles. The van der Waals surface area contributed by atoms with Crippen LogP contribution in [-0.2, 0) is 4.79 Å². The van der Waals surface area contributed by atoms with Crippen molar-refractivity contribution in [3.05, 3.63) is 0 Å². The lowest BCUT2D eigenvalue weighted by atomic mass is 10.1. The van der Waals surface area contributed by atoms with Crippen molar-refractivity contribution in [3.63, 3.8) is 0 Å². The van der Waals surface area contributed by atoms with Crippen LogP contribution in [0, 0.1) is 5.92 Å². The second-order valence-electron chi connectivity index (χ2n) is 3.51. The van der Waals surface area contributed by atoms with Crippen LogP contribution >= 0.6 is 0 Å². The molecular formula is C8H11F6NO. The normalized spacial score (nSPS) is 14.8. The summed E-state index contributed by atoms with van der Waals surface area (Å²) >= 11 is 0. The number of hydrogen-bond donors (Lipinski definition) is 0. The molecule has 16 heavy (non-hydrogen) atoms. The van der Waals surface area contributed by atoms with Gasteiger partial charge in [0.1, 0.15) is 6.54 Å². The van der Waals surface area contributed by atoms with Crippen molar-refractivity contribution in [2.45, 2.75) is 25.7 Å². The van der Waals surface area contributed by atoms with Crippen LogP contribution < -0.4 is 0 Å². The van der Waals surface area contributed by atoms with E-state index in [1.807, 2.05) is 0 Å². The van der Waals surface area contributed by atoms with Gasteiger partial charge in [-0.2, -0.15) is 26.3 Å². The summed E-state index contributed by atoms with van der Waals surface area (Å²) in [5.74, 6) is -3.13. The molecule has 0 bridgehead atoms. The molecule has 96 valence electrons. The van der Waals surface area contributed by atoms with Gasteiger partial charge in [0, 0.05) is 13.5 Å². The highest BCUT2D eigenvalue weighted by Gasteiger charge is 2.39. The zero-order valence-corrected chi connectivity index (χ0v) is 8.61. The summed E-state index contributed by atoms with van der Waals surface area (Å²) in [4.78, 5) is 11.2. The Labute approximate surface area is 88.2 Å². The summed E-state index contributed by atoms with van der Waals surface area (Å²) in [6, 6.07) is 0. The molecule has 0 spiro atoms. The lowest BCUT2D eigenvalue weighted by Crippen LogP contribution is -2.37. The van der Waals surface area contributed by atoms with Gasteiger partial charge in [-0.05, 0) is 0 Å². The molecule has 1 amide bonds. The minimum atomic E-state index is -4.61. The molecule has 1 unspecified atom stereocenters. The average molecular weight is 251 g/mol. The van der Waals surface area contributed by atoms with Gasteiger partial charge in [-0.1, -0.05) is 6.92 Å². The van der Waals surface area contributed by atoms with E-state index in [9.17, 15) is 31.1 Å². The Bertz CT molecular complexity index is 246. The van der Waals surface area contributed by atoms with E-state index in [4.69, 9.17) is 0 Å². The van der Waals surface area contributed by atoms with E-state index in [2.05, 4.69) is 0 Å². The Morgan fingerprint density at radius 3 is 1.94 bits per heavy atom. The van der Waals surface area contributed by atoms with Crippen molar-refractivity contribution >= 4 is 5.91 Å². The van der Waals surface area contributed by atoms with Gasteiger partial charge in [0.25, 0.3) is 0 Å². The van der Waals surface area contributed by atoms with Crippen molar-refractivity contribution in [3.8, 4) is 0 Å². The first-order chi connectivity index (χ1) is 6.93. The molecule has 0 radical (unpaired) electrons. The van der Waals surface area contributed by atoms with E-state index < -0.39 is 37.1 Å². The van der Waals surface area contributed by atoms with Crippen LogP contribution in [0.15, 0.2) is 0 Å². The van der Waals surface area contributed by atoms with Gasteiger partial charge in [-0.3, -0.25) is 4.79 Å². The summed E-state index contributed by atoms with van der Waals surface area (Å²) in [6.45, 7) is -0.796. The van der Waals surface area contributed by atoms with Crippen LogP contribution in [0.2, 0.25) is 0 Å². The van der Waals surface area contributed by atoms with E-state index >= 15 is 0 Å². The maximum Gasteiger partial charge on any atom is 0.406 e. The molecule has 2 nitrogen and oxygen atoms in total.